The molecule has 1 aromatic heterocycles. The van der Waals surface area contributed by atoms with Crippen LogP contribution in [0.2, 0.25) is 5.02 Å². The minimum absolute atomic E-state index is 0.0164. The molecule has 1 N–H and O–H groups in total. The van der Waals surface area contributed by atoms with Crippen molar-refractivity contribution in [3.05, 3.63) is 53.3 Å². The largest absolute Gasteiger partial charge is 0.354 e. The molecule has 2 aromatic rings. The van der Waals surface area contributed by atoms with Crippen LogP contribution < -0.4 is 5.32 Å². The van der Waals surface area contributed by atoms with Crippen LogP contribution in [0.25, 0.3) is 0 Å². The molecular weight excluding hydrogens is 330 g/mol. The second-order valence-electron chi connectivity index (χ2n) is 5.80. The number of amides is 1. The van der Waals surface area contributed by atoms with Crippen molar-refractivity contribution in [2.45, 2.75) is 35.6 Å². The van der Waals surface area contributed by atoms with Gasteiger partial charge in [0.15, 0.2) is 5.16 Å². The van der Waals surface area contributed by atoms with Gasteiger partial charge in [0, 0.05) is 29.4 Å². The standard InChI is InChI=1S/C17H18ClN3OS/c1-12(23-16-19-9-2-10-20-16)15(22)21-11-17(7-8-17)13-3-5-14(18)6-4-13/h2-6,9-10,12H,7-8,11H2,1H3,(H,21,22). The van der Waals surface area contributed by atoms with E-state index in [4.69, 9.17) is 11.6 Å². The number of halogens is 1. The molecule has 6 heteroatoms. The van der Waals surface area contributed by atoms with Crippen LogP contribution >= 0.6 is 23.4 Å². The number of thioether (sulfide) groups is 1. The fraction of sp³-hybridized carbons (Fsp3) is 0.353. The maximum absolute atomic E-state index is 12.3. The summed E-state index contributed by atoms with van der Waals surface area (Å²) in [6.45, 7) is 2.53. The van der Waals surface area contributed by atoms with Gasteiger partial charge in [-0.1, -0.05) is 35.5 Å². The lowest BCUT2D eigenvalue weighted by atomic mass is 9.96. The highest BCUT2D eigenvalue weighted by molar-refractivity contribution is 8.00. The van der Waals surface area contributed by atoms with Gasteiger partial charge in [0.25, 0.3) is 0 Å². The van der Waals surface area contributed by atoms with Gasteiger partial charge in [0.2, 0.25) is 5.91 Å². The number of carbonyl (C=O) groups excluding carboxylic acids is 1. The number of aromatic nitrogens is 2. The molecule has 23 heavy (non-hydrogen) atoms. The molecule has 3 rings (SSSR count). The number of nitrogens with zero attached hydrogens (tertiary/aromatic N) is 2. The first-order valence-electron chi connectivity index (χ1n) is 7.56. The van der Waals surface area contributed by atoms with E-state index >= 15 is 0 Å². The first kappa shape index (κ1) is 16.3. The van der Waals surface area contributed by atoms with E-state index in [2.05, 4.69) is 27.4 Å². The van der Waals surface area contributed by atoms with Gasteiger partial charge < -0.3 is 5.32 Å². The summed E-state index contributed by atoms with van der Waals surface area (Å²) in [4.78, 5) is 20.6. The zero-order chi connectivity index (χ0) is 16.3. The first-order chi connectivity index (χ1) is 11.1. The fourth-order valence-electron chi connectivity index (χ4n) is 2.48. The van der Waals surface area contributed by atoms with Gasteiger partial charge in [-0.05, 0) is 43.5 Å². The summed E-state index contributed by atoms with van der Waals surface area (Å²) in [7, 11) is 0. The van der Waals surface area contributed by atoms with Crippen LogP contribution in [0.5, 0.6) is 0 Å². The lowest BCUT2D eigenvalue weighted by molar-refractivity contribution is -0.120. The van der Waals surface area contributed by atoms with Crippen LogP contribution in [-0.4, -0.2) is 27.7 Å². The second-order valence-corrected chi connectivity index (χ2v) is 7.54. The average Bonchev–Trinajstić information content (AvgIpc) is 3.35. The molecule has 1 atom stereocenters. The molecule has 4 nitrogen and oxygen atoms in total. The number of hydrogen-bond acceptors (Lipinski definition) is 4. The Morgan fingerprint density at radius 1 is 1.30 bits per heavy atom. The number of benzene rings is 1. The van der Waals surface area contributed by atoms with Gasteiger partial charge in [0.1, 0.15) is 0 Å². The molecule has 0 saturated heterocycles. The Kier molecular flexibility index (Phi) is 4.87. The van der Waals surface area contributed by atoms with E-state index in [1.807, 2.05) is 19.1 Å². The van der Waals surface area contributed by atoms with E-state index in [0.29, 0.717) is 11.7 Å². The third-order valence-corrected chi connectivity index (χ3v) is 5.35. The summed E-state index contributed by atoms with van der Waals surface area (Å²) in [5.74, 6) is 0.0164. The minimum Gasteiger partial charge on any atom is -0.354 e. The van der Waals surface area contributed by atoms with Gasteiger partial charge >= 0.3 is 0 Å². The van der Waals surface area contributed by atoms with Gasteiger partial charge in [-0.3, -0.25) is 4.79 Å². The number of rotatable bonds is 6. The van der Waals surface area contributed by atoms with Crippen LogP contribution in [-0.2, 0) is 10.2 Å². The van der Waals surface area contributed by atoms with Crippen LogP contribution in [0.15, 0.2) is 47.9 Å². The molecular formula is C17H18ClN3OS. The van der Waals surface area contributed by atoms with Crippen LogP contribution in [0, 0.1) is 0 Å². The maximum Gasteiger partial charge on any atom is 0.233 e. The fourth-order valence-corrected chi connectivity index (χ4v) is 3.36. The minimum atomic E-state index is -0.224. The van der Waals surface area contributed by atoms with Crippen molar-refractivity contribution >= 4 is 29.3 Å². The van der Waals surface area contributed by atoms with Crippen molar-refractivity contribution in [2.24, 2.45) is 0 Å². The molecule has 0 aliphatic heterocycles. The zero-order valence-electron chi connectivity index (χ0n) is 12.8. The summed E-state index contributed by atoms with van der Waals surface area (Å²) < 4.78 is 0. The van der Waals surface area contributed by atoms with Crippen molar-refractivity contribution in [3.63, 3.8) is 0 Å². The van der Waals surface area contributed by atoms with Crippen molar-refractivity contribution in [1.29, 1.82) is 0 Å². The monoisotopic (exact) mass is 347 g/mol. The zero-order valence-corrected chi connectivity index (χ0v) is 14.4. The predicted octanol–water partition coefficient (Wildman–Crippen LogP) is 3.46. The summed E-state index contributed by atoms with van der Waals surface area (Å²) in [5, 5.41) is 4.20. The maximum atomic E-state index is 12.3. The molecule has 1 fully saturated rings. The highest BCUT2D eigenvalue weighted by Crippen LogP contribution is 2.47. The predicted molar refractivity (Wildman–Crippen MR) is 92.7 cm³/mol. The molecule has 1 saturated carbocycles. The van der Waals surface area contributed by atoms with E-state index in [1.165, 1.54) is 17.3 Å². The Balaban J connectivity index is 1.55. The van der Waals surface area contributed by atoms with E-state index in [-0.39, 0.29) is 16.6 Å². The number of carbonyl (C=O) groups is 1. The molecule has 1 heterocycles. The van der Waals surface area contributed by atoms with E-state index in [9.17, 15) is 4.79 Å². The van der Waals surface area contributed by atoms with Gasteiger partial charge in [0.05, 0.1) is 5.25 Å². The molecule has 0 bridgehead atoms. The highest BCUT2D eigenvalue weighted by Gasteiger charge is 2.44. The van der Waals surface area contributed by atoms with Gasteiger partial charge in [-0.25, -0.2) is 9.97 Å². The lowest BCUT2D eigenvalue weighted by Crippen LogP contribution is -2.36. The number of hydrogen-bond donors (Lipinski definition) is 1. The molecule has 1 aliphatic rings. The Hall–Kier alpha value is -1.59. The average molecular weight is 348 g/mol. The molecule has 1 aromatic carbocycles. The molecule has 0 radical (unpaired) electrons. The Labute approximate surface area is 145 Å². The third-order valence-electron chi connectivity index (χ3n) is 4.10. The summed E-state index contributed by atoms with van der Waals surface area (Å²) in [6, 6.07) is 9.68. The molecule has 1 amide bonds. The van der Waals surface area contributed by atoms with Crippen LogP contribution in [0.4, 0.5) is 0 Å². The van der Waals surface area contributed by atoms with E-state index < -0.39 is 0 Å². The van der Waals surface area contributed by atoms with Crippen LogP contribution in [0.3, 0.4) is 0 Å². The summed E-state index contributed by atoms with van der Waals surface area (Å²) >= 11 is 7.31. The van der Waals surface area contributed by atoms with E-state index in [1.54, 1.807) is 18.5 Å². The smallest absolute Gasteiger partial charge is 0.233 e. The summed E-state index contributed by atoms with van der Waals surface area (Å²) in [6.07, 6.45) is 5.55. The van der Waals surface area contributed by atoms with Crippen LogP contribution in [0.1, 0.15) is 25.3 Å². The Morgan fingerprint density at radius 2 is 1.96 bits per heavy atom. The molecule has 1 aliphatic carbocycles. The van der Waals surface area contributed by atoms with Crippen molar-refractivity contribution < 1.29 is 4.79 Å². The quantitative estimate of drug-likeness (QED) is 0.642. The molecule has 120 valence electrons. The van der Waals surface area contributed by atoms with Crippen molar-refractivity contribution in [3.8, 4) is 0 Å². The topological polar surface area (TPSA) is 54.9 Å². The highest BCUT2D eigenvalue weighted by atomic mass is 35.5. The molecule has 0 spiro atoms. The Bertz CT molecular complexity index is 674. The summed E-state index contributed by atoms with van der Waals surface area (Å²) in [5.41, 5.74) is 1.32. The molecule has 1 unspecified atom stereocenters. The van der Waals surface area contributed by atoms with Crippen molar-refractivity contribution in [1.82, 2.24) is 15.3 Å². The van der Waals surface area contributed by atoms with Gasteiger partial charge in [-0.2, -0.15) is 0 Å². The van der Waals surface area contributed by atoms with Crippen molar-refractivity contribution in [2.75, 3.05) is 6.54 Å². The normalized spacial score (nSPS) is 16.6. The second kappa shape index (κ2) is 6.89. The SMILES string of the molecule is CC(Sc1ncccn1)C(=O)NCC1(c2ccc(Cl)cc2)CC1. The number of nitrogens with one attached hydrogen (secondary N) is 1. The van der Waals surface area contributed by atoms with E-state index in [0.717, 1.165) is 17.9 Å². The third kappa shape index (κ3) is 4.03. The van der Waals surface area contributed by atoms with Gasteiger partial charge in [-0.15, -0.1) is 0 Å². The first-order valence-corrected chi connectivity index (χ1v) is 8.82. The Morgan fingerprint density at radius 3 is 2.57 bits per heavy atom. The lowest BCUT2D eigenvalue weighted by Gasteiger charge is -2.18.